The molecule has 2 unspecified atom stereocenters. The van der Waals surface area contributed by atoms with Crippen LogP contribution in [-0.4, -0.2) is 45.9 Å². The van der Waals surface area contributed by atoms with Gasteiger partial charge in [-0.15, -0.1) is 0 Å². The van der Waals surface area contributed by atoms with Gasteiger partial charge in [0.1, 0.15) is 11.6 Å². The summed E-state index contributed by atoms with van der Waals surface area (Å²) in [4.78, 5) is 11.4. The van der Waals surface area contributed by atoms with Gasteiger partial charge < -0.3 is 15.2 Å². The van der Waals surface area contributed by atoms with Gasteiger partial charge in [0.15, 0.2) is 12.1 Å². The summed E-state index contributed by atoms with van der Waals surface area (Å²) in [5, 5.41) is 18.7. The van der Waals surface area contributed by atoms with Gasteiger partial charge in [-0.05, 0) is 79.7 Å². The Morgan fingerprint density at radius 2 is 2.03 bits per heavy atom. The number of piperidine rings is 1. The van der Waals surface area contributed by atoms with E-state index in [0.29, 0.717) is 30.2 Å². The molecule has 0 bridgehead atoms. The zero-order valence-corrected chi connectivity index (χ0v) is 21.8. The van der Waals surface area contributed by atoms with Crippen molar-refractivity contribution in [1.29, 1.82) is 0 Å². The minimum absolute atomic E-state index is 0.0437. The summed E-state index contributed by atoms with van der Waals surface area (Å²) in [6.07, 6.45) is 14.5. The Bertz CT molecular complexity index is 1380. The third-order valence-corrected chi connectivity index (χ3v) is 7.56. The van der Waals surface area contributed by atoms with E-state index in [9.17, 15) is 9.50 Å². The van der Waals surface area contributed by atoms with Crippen LogP contribution in [0, 0.1) is 11.7 Å². The maximum absolute atomic E-state index is 13.4. The Morgan fingerprint density at radius 3 is 2.85 bits per heavy atom. The second kappa shape index (κ2) is 11.5. The Hall–Kier alpha value is -3.82. The summed E-state index contributed by atoms with van der Waals surface area (Å²) >= 11 is 0. The average molecular weight is 529 g/mol. The SMILES string of the molecule is OC(NC1=CN=C(Oc2cccc(F)c2)CC1)C1=NNC2=CC=C(c3cncc(CN4CCCCC4)c3)CC21. The van der Waals surface area contributed by atoms with Gasteiger partial charge in [0.2, 0.25) is 0 Å². The van der Waals surface area contributed by atoms with E-state index >= 15 is 0 Å². The fourth-order valence-corrected chi connectivity index (χ4v) is 5.51. The number of ether oxygens (including phenoxy) is 1. The van der Waals surface area contributed by atoms with Crippen molar-refractivity contribution in [3.63, 3.8) is 0 Å². The topological polar surface area (TPSA) is 94.4 Å². The number of aliphatic hydroxyl groups excluding tert-OH is 1. The lowest BCUT2D eigenvalue weighted by molar-refractivity contribution is 0.210. The molecule has 4 aliphatic rings. The zero-order chi connectivity index (χ0) is 26.6. The van der Waals surface area contributed by atoms with Crippen molar-refractivity contribution >= 4 is 17.2 Å². The summed E-state index contributed by atoms with van der Waals surface area (Å²) in [6.45, 7) is 3.24. The first-order valence-electron chi connectivity index (χ1n) is 13.7. The summed E-state index contributed by atoms with van der Waals surface area (Å²) in [6, 6.07) is 8.23. The highest BCUT2D eigenvalue weighted by atomic mass is 19.1. The molecule has 0 spiro atoms. The summed E-state index contributed by atoms with van der Waals surface area (Å²) in [5.74, 6) is 0.519. The predicted octanol–water partition coefficient (Wildman–Crippen LogP) is 4.47. The number of hydrogen-bond donors (Lipinski definition) is 3. The standard InChI is InChI=1S/C30H33FN6O2/c31-23-5-4-6-25(15-23)39-28-10-8-24(18-33-28)34-30(38)29-26-14-21(7-9-27(26)35-36-29)22-13-20(16-32-17-22)19-37-11-2-1-3-12-37/h4-7,9,13,15-18,26,30,34-35,38H,1-3,8,10-12,14,19H2. The van der Waals surface area contributed by atoms with Crippen LogP contribution in [0.15, 0.2) is 82.6 Å². The Labute approximate surface area is 227 Å². The van der Waals surface area contributed by atoms with Gasteiger partial charge in [-0.1, -0.05) is 18.6 Å². The maximum Gasteiger partial charge on any atom is 0.195 e. The molecule has 0 radical (unpaired) electrons. The molecule has 39 heavy (non-hydrogen) atoms. The molecule has 1 aromatic carbocycles. The predicted molar refractivity (Wildman–Crippen MR) is 149 cm³/mol. The molecular weight excluding hydrogens is 495 g/mol. The molecule has 3 aliphatic heterocycles. The number of nitrogens with zero attached hydrogens (tertiary/aromatic N) is 4. The highest BCUT2D eigenvalue weighted by Gasteiger charge is 2.34. The number of aliphatic imine (C=N–C) groups is 1. The molecular formula is C30H33FN6O2. The zero-order valence-electron chi connectivity index (χ0n) is 21.8. The second-order valence-corrected chi connectivity index (χ2v) is 10.4. The number of halogens is 1. The number of aliphatic hydroxyl groups is 1. The van der Waals surface area contributed by atoms with Gasteiger partial charge in [0.25, 0.3) is 0 Å². The number of pyridine rings is 1. The van der Waals surface area contributed by atoms with Crippen LogP contribution < -0.4 is 15.5 Å². The molecule has 4 heterocycles. The van der Waals surface area contributed by atoms with E-state index in [1.165, 1.54) is 42.5 Å². The van der Waals surface area contributed by atoms with Gasteiger partial charge in [-0.2, -0.15) is 5.10 Å². The quantitative estimate of drug-likeness (QED) is 0.459. The van der Waals surface area contributed by atoms with Crippen LogP contribution in [0.3, 0.4) is 0 Å². The Kier molecular flexibility index (Phi) is 7.51. The molecule has 9 heteroatoms. The number of hydrazone groups is 1. The first kappa shape index (κ1) is 25.5. The van der Waals surface area contributed by atoms with Crippen LogP contribution in [0.4, 0.5) is 4.39 Å². The molecule has 2 atom stereocenters. The Balaban J connectivity index is 1.08. The molecule has 3 N–H and O–H groups in total. The molecule has 1 fully saturated rings. The molecule has 202 valence electrons. The smallest absolute Gasteiger partial charge is 0.195 e. The van der Waals surface area contributed by atoms with E-state index in [1.807, 2.05) is 18.5 Å². The van der Waals surface area contributed by atoms with E-state index in [-0.39, 0.29) is 11.7 Å². The number of allylic oxidation sites excluding steroid dienone is 5. The third kappa shape index (κ3) is 6.10. The molecule has 1 aromatic heterocycles. The van der Waals surface area contributed by atoms with E-state index in [1.54, 1.807) is 18.3 Å². The van der Waals surface area contributed by atoms with Crippen LogP contribution in [0.25, 0.3) is 5.57 Å². The Morgan fingerprint density at radius 1 is 1.13 bits per heavy atom. The van der Waals surface area contributed by atoms with Crippen LogP contribution in [0.1, 0.15) is 49.7 Å². The summed E-state index contributed by atoms with van der Waals surface area (Å²) in [5.41, 5.74) is 9.03. The molecule has 0 amide bonds. The monoisotopic (exact) mass is 528 g/mol. The van der Waals surface area contributed by atoms with Crippen LogP contribution in [0.2, 0.25) is 0 Å². The normalized spacial score (nSPS) is 21.9. The number of aromatic nitrogens is 1. The lowest BCUT2D eigenvalue weighted by Gasteiger charge is -2.27. The van der Waals surface area contributed by atoms with Crippen molar-refractivity contribution in [3.8, 4) is 5.75 Å². The minimum Gasteiger partial charge on any atom is -0.443 e. The lowest BCUT2D eigenvalue weighted by Crippen LogP contribution is -2.39. The van der Waals surface area contributed by atoms with Crippen LogP contribution >= 0.6 is 0 Å². The number of likely N-dealkylation sites (tertiary alicyclic amines) is 1. The molecule has 2 aromatic rings. The van der Waals surface area contributed by atoms with E-state index in [2.05, 4.69) is 42.9 Å². The van der Waals surface area contributed by atoms with Crippen molar-refractivity contribution in [2.24, 2.45) is 16.0 Å². The van der Waals surface area contributed by atoms with E-state index < -0.39 is 6.23 Å². The van der Waals surface area contributed by atoms with Crippen LogP contribution in [0.5, 0.6) is 5.75 Å². The van der Waals surface area contributed by atoms with Gasteiger partial charge in [-0.3, -0.25) is 15.3 Å². The van der Waals surface area contributed by atoms with Gasteiger partial charge in [0.05, 0.1) is 5.71 Å². The van der Waals surface area contributed by atoms with E-state index in [4.69, 9.17) is 4.74 Å². The second-order valence-electron chi connectivity index (χ2n) is 10.4. The van der Waals surface area contributed by atoms with Crippen molar-refractivity contribution < 1.29 is 14.2 Å². The maximum atomic E-state index is 13.4. The number of benzene rings is 1. The molecule has 6 rings (SSSR count). The first-order chi connectivity index (χ1) is 19.1. The van der Waals surface area contributed by atoms with Gasteiger partial charge >= 0.3 is 0 Å². The van der Waals surface area contributed by atoms with Gasteiger partial charge in [0, 0.05) is 54.9 Å². The van der Waals surface area contributed by atoms with Crippen molar-refractivity contribution in [1.82, 2.24) is 20.6 Å². The first-order valence-corrected chi connectivity index (χ1v) is 13.7. The summed E-state index contributed by atoms with van der Waals surface area (Å²) in [7, 11) is 0. The van der Waals surface area contributed by atoms with Crippen molar-refractivity contribution in [2.75, 3.05) is 13.1 Å². The van der Waals surface area contributed by atoms with E-state index in [0.717, 1.165) is 43.0 Å². The number of nitrogens with one attached hydrogen (secondary N) is 2. The highest BCUT2D eigenvalue weighted by molar-refractivity contribution is 5.96. The van der Waals surface area contributed by atoms with Crippen molar-refractivity contribution in [2.45, 2.75) is 51.3 Å². The molecule has 8 nitrogen and oxygen atoms in total. The third-order valence-electron chi connectivity index (χ3n) is 7.56. The average Bonchev–Trinajstić information content (AvgIpc) is 3.38. The molecule has 1 saturated heterocycles. The van der Waals surface area contributed by atoms with Crippen LogP contribution in [-0.2, 0) is 6.54 Å². The fourth-order valence-electron chi connectivity index (χ4n) is 5.51. The largest absolute Gasteiger partial charge is 0.443 e. The molecule has 1 aliphatic carbocycles. The highest BCUT2D eigenvalue weighted by Crippen LogP contribution is 2.34. The number of fused-ring (bicyclic) bond motifs is 1. The minimum atomic E-state index is -0.955. The fraction of sp³-hybridized carbons (Fsp3) is 0.367. The number of hydrogen-bond acceptors (Lipinski definition) is 8. The van der Waals surface area contributed by atoms with Crippen molar-refractivity contribution in [3.05, 3.63) is 89.4 Å². The van der Waals surface area contributed by atoms with Gasteiger partial charge in [-0.25, -0.2) is 9.38 Å². The summed E-state index contributed by atoms with van der Waals surface area (Å²) < 4.78 is 19.1. The molecule has 0 saturated carbocycles. The number of rotatable bonds is 7. The lowest BCUT2D eigenvalue weighted by atomic mass is 9.85.